The third kappa shape index (κ3) is 5.40. The summed E-state index contributed by atoms with van der Waals surface area (Å²) in [5, 5.41) is 0.715. The number of carbonyl (C=O) groups is 1. The van der Waals surface area contributed by atoms with Crippen LogP contribution in [0.2, 0.25) is 5.02 Å². The lowest BCUT2D eigenvalue weighted by atomic mass is 9.66. The molecule has 0 aliphatic carbocycles. The second kappa shape index (κ2) is 9.32. The molecule has 1 amide bonds. The van der Waals surface area contributed by atoms with Crippen molar-refractivity contribution in [1.29, 1.82) is 0 Å². The molecular weight excluding hydrogens is 382 g/mol. The van der Waals surface area contributed by atoms with Gasteiger partial charge in [0.2, 0.25) is 5.91 Å². The maximum atomic E-state index is 12.4. The van der Waals surface area contributed by atoms with Crippen molar-refractivity contribution in [2.24, 2.45) is 0 Å². The van der Waals surface area contributed by atoms with Gasteiger partial charge in [0.25, 0.3) is 0 Å². The number of benzene rings is 2. The maximum absolute atomic E-state index is 12.4. The zero-order valence-electron chi connectivity index (χ0n) is 17.8. The smallest absolute Gasteiger partial charge is 0.219 e. The van der Waals surface area contributed by atoms with Gasteiger partial charge in [0.15, 0.2) is 0 Å². The standard InChI is InChI=1S/C25H32ClNO2/c1-4-24(3)19-25(15-17-29-24,22-8-6-5-7-9-22)14-16-27(20(2)28)18-21-10-12-23(26)13-11-21/h5-13H,4,14-19H2,1-3H3. The van der Waals surface area contributed by atoms with Crippen LogP contribution in [0, 0.1) is 0 Å². The summed E-state index contributed by atoms with van der Waals surface area (Å²) in [6.07, 6.45) is 3.89. The van der Waals surface area contributed by atoms with Crippen molar-refractivity contribution in [3.8, 4) is 0 Å². The zero-order valence-corrected chi connectivity index (χ0v) is 18.5. The minimum Gasteiger partial charge on any atom is -0.375 e. The molecule has 2 atom stereocenters. The van der Waals surface area contributed by atoms with Crippen LogP contribution >= 0.6 is 11.6 Å². The first kappa shape index (κ1) is 21.9. The van der Waals surface area contributed by atoms with Gasteiger partial charge >= 0.3 is 0 Å². The summed E-state index contributed by atoms with van der Waals surface area (Å²) in [5.74, 6) is 0.105. The molecule has 156 valence electrons. The second-order valence-corrected chi connectivity index (χ2v) is 8.98. The van der Waals surface area contributed by atoms with Crippen LogP contribution in [0.25, 0.3) is 0 Å². The monoisotopic (exact) mass is 413 g/mol. The Morgan fingerprint density at radius 3 is 2.45 bits per heavy atom. The number of halogens is 1. The number of nitrogens with zero attached hydrogens (tertiary/aromatic N) is 1. The van der Waals surface area contributed by atoms with Crippen molar-refractivity contribution in [3.63, 3.8) is 0 Å². The Balaban J connectivity index is 1.81. The van der Waals surface area contributed by atoms with Gasteiger partial charge in [-0.1, -0.05) is 61.0 Å². The Morgan fingerprint density at radius 1 is 1.14 bits per heavy atom. The highest BCUT2D eigenvalue weighted by molar-refractivity contribution is 6.30. The fraction of sp³-hybridized carbons (Fsp3) is 0.480. The fourth-order valence-electron chi connectivity index (χ4n) is 4.48. The van der Waals surface area contributed by atoms with E-state index in [0.29, 0.717) is 11.6 Å². The van der Waals surface area contributed by atoms with E-state index in [2.05, 4.69) is 44.2 Å². The van der Waals surface area contributed by atoms with Crippen molar-refractivity contribution in [2.75, 3.05) is 13.2 Å². The molecule has 3 rings (SSSR count). The maximum Gasteiger partial charge on any atom is 0.219 e. The van der Waals surface area contributed by atoms with Crippen molar-refractivity contribution >= 4 is 17.5 Å². The molecular formula is C25H32ClNO2. The molecule has 2 aromatic rings. The average molecular weight is 414 g/mol. The van der Waals surface area contributed by atoms with E-state index in [0.717, 1.165) is 44.4 Å². The fourth-order valence-corrected chi connectivity index (χ4v) is 4.60. The molecule has 2 aromatic carbocycles. The van der Waals surface area contributed by atoms with Crippen molar-refractivity contribution < 1.29 is 9.53 Å². The van der Waals surface area contributed by atoms with E-state index >= 15 is 0 Å². The number of amides is 1. The van der Waals surface area contributed by atoms with Crippen LogP contribution in [0.15, 0.2) is 54.6 Å². The minimum atomic E-state index is -0.120. The van der Waals surface area contributed by atoms with Gasteiger partial charge in [-0.25, -0.2) is 0 Å². The van der Waals surface area contributed by atoms with Crippen LogP contribution in [0.5, 0.6) is 0 Å². The average Bonchev–Trinajstić information content (AvgIpc) is 2.73. The third-order valence-corrected chi connectivity index (χ3v) is 6.72. The Kier molecular flexibility index (Phi) is 7.02. The van der Waals surface area contributed by atoms with Gasteiger partial charge in [-0.3, -0.25) is 4.79 Å². The van der Waals surface area contributed by atoms with E-state index in [9.17, 15) is 4.79 Å². The lowest BCUT2D eigenvalue weighted by Gasteiger charge is -2.47. The van der Waals surface area contributed by atoms with Gasteiger partial charge in [-0.05, 0) is 55.9 Å². The molecule has 1 aliphatic heterocycles. The van der Waals surface area contributed by atoms with Crippen LogP contribution < -0.4 is 0 Å². The van der Waals surface area contributed by atoms with E-state index in [1.54, 1.807) is 6.92 Å². The molecule has 0 bridgehead atoms. The van der Waals surface area contributed by atoms with Gasteiger partial charge in [0.1, 0.15) is 0 Å². The molecule has 0 aromatic heterocycles. The van der Waals surface area contributed by atoms with Crippen LogP contribution in [0.1, 0.15) is 57.6 Å². The van der Waals surface area contributed by atoms with Gasteiger partial charge in [-0.15, -0.1) is 0 Å². The molecule has 0 spiro atoms. The predicted molar refractivity (Wildman–Crippen MR) is 119 cm³/mol. The Morgan fingerprint density at radius 2 is 1.83 bits per heavy atom. The van der Waals surface area contributed by atoms with Gasteiger partial charge in [-0.2, -0.15) is 0 Å². The first-order valence-electron chi connectivity index (χ1n) is 10.6. The molecule has 4 heteroatoms. The molecule has 0 N–H and O–H groups in total. The van der Waals surface area contributed by atoms with E-state index in [-0.39, 0.29) is 16.9 Å². The third-order valence-electron chi connectivity index (χ3n) is 6.47. The molecule has 0 saturated carbocycles. The van der Waals surface area contributed by atoms with Crippen LogP contribution in [0.4, 0.5) is 0 Å². The summed E-state index contributed by atoms with van der Waals surface area (Å²) < 4.78 is 6.16. The topological polar surface area (TPSA) is 29.5 Å². The zero-order chi connectivity index (χ0) is 20.9. The molecule has 29 heavy (non-hydrogen) atoms. The van der Waals surface area contributed by atoms with E-state index in [4.69, 9.17) is 16.3 Å². The lowest BCUT2D eigenvalue weighted by Crippen LogP contribution is -2.47. The Hall–Kier alpha value is -1.84. The van der Waals surface area contributed by atoms with Gasteiger partial charge < -0.3 is 9.64 Å². The van der Waals surface area contributed by atoms with Crippen molar-refractivity contribution in [2.45, 2.75) is 64.0 Å². The first-order valence-corrected chi connectivity index (χ1v) is 10.9. The quantitative estimate of drug-likeness (QED) is 0.557. The largest absolute Gasteiger partial charge is 0.375 e. The Labute approximate surface area is 180 Å². The molecule has 0 radical (unpaired) electrons. The highest BCUT2D eigenvalue weighted by Gasteiger charge is 2.43. The van der Waals surface area contributed by atoms with E-state index < -0.39 is 0 Å². The van der Waals surface area contributed by atoms with Crippen molar-refractivity contribution in [1.82, 2.24) is 4.90 Å². The summed E-state index contributed by atoms with van der Waals surface area (Å²) in [6.45, 7) is 8.18. The van der Waals surface area contributed by atoms with E-state index in [1.807, 2.05) is 29.2 Å². The predicted octanol–water partition coefficient (Wildman–Crippen LogP) is 6.00. The number of carbonyl (C=O) groups excluding carboxylic acids is 1. The lowest BCUT2D eigenvalue weighted by molar-refractivity contribution is -0.130. The summed E-state index contributed by atoms with van der Waals surface area (Å²) >= 11 is 6.01. The van der Waals surface area contributed by atoms with Crippen LogP contribution in [0.3, 0.4) is 0 Å². The van der Waals surface area contributed by atoms with Crippen LogP contribution in [-0.2, 0) is 21.5 Å². The highest BCUT2D eigenvalue weighted by Crippen LogP contribution is 2.45. The summed E-state index contributed by atoms with van der Waals surface area (Å²) in [5.41, 5.74) is 2.37. The number of hydrogen-bond donors (Lipinski definition) is 0. The summed E-state index contributed by atoms with van der Waals surface area (Å²) in [7, 11) is 0. The van der Waals surface area contributed by atoms with Gasteiger partial charge in [0, 0.05) is 37.1 Å². The number of rotatable bonds is 7. The number of hydrogen-bond acceptors (Lipinski definition) is 2. The molecule has 2 unspecified atom stereocenters. The molecule has 1 aliphatic rings. The molecule has 1 fully saturated rings. The van der Waals surface area contributed by atoms with Gasteiger partial charge in [0.05, 0.1) is 5.60 Å². The second-order valence-electron chi connectivity index (χ2n) is 8.54. The Bertz CT molecular complexity index is 807. The van der Waals surface area contributed by atoms with E-state index in [1.165, 1.54) is 5.56 Å². The first-order chi connectivity index (χ1) is 13.9. The van der Waals surface area contributed by atoms with Crippen molar-refractivity contribution in [3.05, 3.63) is 70.7 Å². The summed E-state index contributed by atoms with van der Waals surface area (Å²) in [6, 6.07) is 18.5. The van der Waals surface area contributed by atoms with Crippen LogP contribution in [-0.4, -0.2) is 29.6 Å². The normalized spacial score (nSPS) is 24.3. The minimum absolute atomic E-state index is 0.0258. The highest BCUT2D eigenvalue weighted by atomic mass is 35.5. The molecule has 3 nitrogen and oxygen atoms in total. The summed E-state index contributed by atoms with van der Waals surface area (Å²) in [4.78, 5) is 14.3. The molecule has 1 heterocycles. The molecule has 1 saturated heterocycles. The SMILES string of the molecule is CCC1(C)CC(CCN(Cc2ccc(Cl)cc2)C(C)=O)(c2ccccc2)CCO1. The number of ether oxygens (including phenoxy) is 1.